The number of nitrogens with zero attached hydrogens (tertiary/aromatic N) is 2. The van der Waals surface area contributed by atoms with Crippen molar-refractivity contribution >= 4 is 21.6 Å². The predicted molar refractivity (Wildman–Crippen MR) is 57.8 cm³/mol. The van der Waals surface area contributed by atoms with Crippen LogP contribution in [0.4, 0.5) is 5.69 Å². The summed E-state index contributed by atoms with van der Waals surface area (Å²) < 4.78 is 0.854. The van der Waals surface area contributed by atoms with Crippen LogP contribution in [0, 0.1) is 11.3 Å². The standard InChI is InChI=1S/C10H11BrN2/c1-3-13(2)10-6-4-5-9(11)8(10)7-12/h4-6H,3H2,1-2H3. The van der Waals surface area contributed by atoms with Gasteiger partial charge in [-0.2, -0.15) is 5.26 Å². The van der Waals surface area contributed by atoms with E-state index in [9.17, 15) is 0 Å². The minimum absolute atomic E-state index is 0.701. The van der Waals surface area contributed by atoms with Crippen LogP contribution < -0.4 is 4.90 Å². The Kier molecular flexibility index (Phi) is 3.32. The van der Waals surface area contributed by atoms with E-state index >= 15 is 0 Å². The smallest absolute Gasteiger partial charge is 0.103 e. The lowest BCUT2D eigenvalue weighted by atomic mass is 10.2. The highest BCUT2D eigenvalue weighted by Crippen LogP contribution is 2.25. The zero-order valence-electron chi connectivity index (χ0n) is 7.71. The highest BCUT2D eigenvalue weighted by Gasteiger charge is 2.07. The number of nitriles is 1. The summed E-state index contributed by atoms with van der Waals surface area (Å²) in [5, 5.41) is 8.94. The number of rotatable bonds is 2. The molecule has 1 aromatic carbocycles. The summed E-state index contributed by atoms with van der Waals surface area (Å²) in [6.07, 6.45) is 0. The number of anilines is 1. The van der Waals surface area contributed by atoms with Crippen molar-refractivity contribution in [3.05, 3.63) is 28.2 Å². The summed E-state index contributed by atoms with van der Waals surface area (Å²) in [6, 6.07) is 7.96. The van der Waals surface area contributed by atoms with Gasteiger partial charge in [-0.25, -0.2) is 0 Å². The van der Waals surface area contributed by atoms with Crippen LogP contribution in [0.1, 0.15) is 12.5 Å². The molecule has 0 unspecified atom stereocenters. The maximum atomic E-state index is 8.94. The van der Waals surface area contributed by atoms with Crippen molar-refractivity contribution in [3.63, 3.8) is 0 Å². The topological polar surface area (TPSA) is 27.0 Å². The number of hydrogen-bond donors (Lipinski definition) is 0. The Morgan fingerprint density at radius 1 is 1.54 bits per heavy atom. The normalized spacial score (nSPS) is 9.38. The summed E-state index contributed by atoms with van der Waals surface area (Å²) in [4.78, 5) is 2.04. The molecule has 3 heteroatoms. The van der Waals surface area contributed by atoms with Crippen molar-refractivity contribution in [1.29, 1.82) is 5.26 Å². The van der Waals surface area contributed by atoms with Gasteiger partial charge in [0, 0.05) is 18.1 Å². The molecule has 0 heterocycles. The summed E-state index contributed by atoms with van der Waals surface area (Å²) in [5.41, 5.74) is 1.67. The third-order valence-corrected chi connectivity index (χ3v) is 2.65. The Bertz CT molecular complexity index is 341. The number of hydrogen-bond acceptors (Lipinski definition) is 2. The molecule has 0 saturated carbocycles. The third kappa shape index (κ3) is 2.02. The van der Waals surface area contributed by atoms with Gasteiger partial charge in [-0.05, 0) is 35.0 Å². The Hall–Kier alpha value is -1.01. The molecule has 0 aromatic heterocycles. The van der Waals surface area contributed by atoms with Crippen LogP contribution in [-0.2, 0) is 0 Å². The molecule has 1 aromatic rings. The van der Waals surface area contributed by atoms with Crippen LogP contribution >= 0.6 is 15.9 Å². The third-order valence-electron chi connectivity index (χ3n) is 1.99. The van der Waals surface area contributed by atoms with E-state index in [0.717, 1.165) is 16.7 Å². The number of halogens is 1. The molecule has 0 aliphatic rings. The van der Waals surface area contributed by atoms with Gasteiger partial charge in [-0.15, -0.1) is 0 Å². The van der Waals surface area contributed by atoms with Crippen molar-refractivity contribution in [2.45, 2.75) is 6.92 Å². The van der Waals surface area contributed by atoms with Crippen LogP contribution in [0.5, 0.6) is 0 Å². The van der Waals surface area contributed by atoms with Crippen molar-refractivity contribution in [3.8, 4) is 6.07 Å². The van der Waals surface area contributed by atoms with Crippen LogP contribution in [0.25, 0.3) is 0 Å². The zero-order chi connectivity index (χ0) is 9.84. The molecular weight excluding hydrogens is 228 g/mol. The van der Waals surface area contributed by atoms with Crippen molar-refractivity contribution in [1.82, 2.24) is 0 Å². The van der Waals surface area contributed by atoms with E-state index < -0.39 is 0 Å². The van der Waals surface area contributed by atoms with Gasteiger partial charge in [0.05, 0.1) is 11.3 Å². The van der Waals surface area contributed by atoms with Gasteiger partial charge >= 0.3 is 0 Å². The second-order valence-corrected chi connectivity index (χ2v) is 3.61. The Morgan fingerprint density at radius 3 is 2.77 bits per heavy atom. The molecule has 13 heavy (non-hydrogen) atoms. The molecule has 1 rings (SSSR count). The molecule has 0 saturated heterocycles. The summed E-state index contributed by atoms with van der Waals surface area (Å²) in [6.45, 7) is 2.95. The van der Waals surface area contributed by atoms with Crippen LogP contribution in [-0.4, -0.2) is 13.6 Å². The van der Waals surface area contributed by atoms with E-state index in [0.29, 0.717) is 5.56 Å². The quantitative estimate of drug-likeness (QED) is 0.793. The Morgan fingerprint density at radius 2 is 2.23 bits per heavy atom. The van der Waals surface area contributed by atoms with Gasteiger partial charge in [0.25, 0.3) is 0 Å². The van der Waals surface area contributed by atoms with Crippen molar-refractivity contribution < 1.29 is 0 Å². The van der Waals surface area contributed by atoms with Crippen molar-refractivity contribution in [2.75, 3.05) is 18.5 Å². The summed E-state index contributed by atoms with van der Waals surface area (Å²) in [5.74, 6) is 0. The molecular formula is C10H11BrN2. The van der Waals surface area contributed by atoms with Crippen LogP contribution in [0.15, 0.2) is 22.7 Å². The molecule has 0 radical (unpaired) electrons. The fourth-order valence-corrected chi connectivity index (χ4v) is 1.56. The minimum atomic E-state index is 0.701. The molecule has 0 N–H and O–H groups in total. The first kappa shape index (κ1) is 10.1. The summed E-state index contributed by atoms with van der Waals surface area (Å²) in [7, 11) is 1.97. The monoisotopic (exact) mass is 238 g/mol. The van der Waals surface area contributed by atoms with Gasteiger partial charge in [-0.1, -0.05) is 6.07 Å². The lowest BCUT2D eigenvalue weighted by molar-refractivity contribution is 0.964. The highest BCUT2D eigenvalue weighted by atomic mass is 79.9. The second kappa shape index (κ2) is 4.29. The minimum Gasteiger partial charge on any atom is -0.374 e. The molecule has 0 aliphatic carbocycles. The summed E-state index contributed by atoms with van der Waals surface area (Å²) >= 11 is 3.36. The molecule has 0 atom stereocenters. The van der Waals surface area contributed by atoms with E-state index in [1.807, 2.05) is 30.1 Å². The Balaban J connectivity index is 3.22. The first-order valence-electron chi connectivity index (χ1n) is 4.10. The van der Waals surface area contributed by atoms with E-state index in [1.165, 1.54) is 0 Å². The maximum absolute atomic E-state index is 8.94. The zero-order valence-corrected chi connectivity index (χ0v) is 9.30. The van der Waals surface area contributed by atoms with Crippen molar-refractivity contribution in [2.24, 2.45) is 0 Å². The molecule has 0 bridgehead atoms. The first-order valence-corrected chi connectivity index (χ1v) is 4.89. The van der Waals surface area contributed by atoms with Crippen LogP contribution in [0.2, 0.25) is 0 Å². The molecule has 0 aliphatic heterocycles. The maximum Gasteiger partial charge on any atom is 0.103 e. The largest absolute Gasteiger partial charge is 0.374 e. The number of benzene rings is 1. The Labute approximate surface area is 86.9 Å². The van der Waals surface area contributed by atoms with E-state index in [-0.39, 0.29) is 0 Å². The van der Waals surface area contributed by atoms with E-state index in [2.05, 4.69) is 28.9 Å². The molecule has 2 nitrogen and oxygen atoms in total. The van der Waals surface area contributed by atoms with Gasteiger partial charge in [-0.3, -0.25) is 0 Å². The fraction of sp³-hybridized carbons (Fsp3) is 0.300. The molecule has 68 valence electrons. The molecule has 0 amide bonds. The lowest BCUT2D eigenvalue weighted by Crippen LogP contribution is -2.17. The highest BCUT2D eigenvalue weighted by molar-refractivity contribution is 9.10. The van der Waals surface area contributed by atoms with Crippen LogP contribution in [0.3, 0.4) is 0 Å². The fourth-order valence-electron chi connectivity index (χ4n) is 1.11. The van der Waals surface area contributed by atoms with Gasteiger partial charge in [0.15, 0.2) is 0 Å². The van der Waals surface area contributed by atoms with Gasteiger partial charge < -0.3 is 4.90 Å². The van der Waals surface area contributed by atoms with Gasteiger partial charge in [0.2, 0.25) is 0 Å². The molecule has 0 spiro atoms. The predicted octanol–water partition coefficient (Wildman–Crippen LogP) is 2.78. The SMILES string of the molecule is CCN(C)c1cccc(Br)c1C#N. The van der Waals surface area contributed by atoms with Gasteiger partial charge in [0.1, 0.15) is 6.07 Å². The van der Waals surface area contributed by atoms with E-state index in [4.69, 9.17) is 5.26 Å². The average Bonchev–Trinajstić information content (AvgIpc) is 2.16. The average molecular weight is 239 g/mol. The van der Waals surface area contributed by atoms with E-state index in [1.54, 1.807) is 0 Å². The molecule has 0 fully saturated rings. The second-order valence-electron chi connectivity index (χ2n) is 2.76. The first-order chi connectivity index (χ1) is 6.20. The lowest BCUT2D eigenvalue weighted by Gasteiger charge is -2.18.